The van der Waals surface area contributed by atoms with Crippen LogP contribution in [0.1, 0.15) is 13.3 Å². The number of allylic oxidation sites excluding steroid dienone is 6. The predicted molar refractivity (Wildman–Crippen MR) is 71.9 cm³/mol. The lowest BCUT2D eigenvalue weighted by atomic mass is 10.0. The summed E-state index contributed by atoms with van der Waals surface area (Å²) in [4.78, 5) is 0. The van der Waals surface area contributed by atoms with E-state index < -0.39 is 0 Å². The Bertz CT molecular complexity index is 621. The molecule has 1 nitrogen and oxygen atoms in total. The maximum atomic E-state index is 6.44. The van der Waals surface area contributed by atoms with E-state index in [-0.39, 0.29) is 0 Å². The molecule has 0 fully saturated rings. The number of nitrogens with zero attached hydrogens (tertiary/aromatic N) is 1. The molecule has 86 valence electrons. The first-order valence-corrected chi connectivity index (χ1v) is 5.95. The molecule has 1 aliphatic carbocycles. The van der Waals surface area contributed by atoms with Crippen molar-refractivity contribution in [1.82, 2.24) is 0 Å². The van der Waals surface area contributed by atoms with Crippen molar-refractivity contribution in [2.45, 2.75) is 13.3 Å². The van der Waals surface area contributed by atoms with E-state index in [0.717, 1.165) is 22.4 Å². The Balaban J connectivity index is 2.59. The van der Waals surface area contributed by atoms with Gasteiger partial charge in [-0.25, -0.2) is 0 Å². The second kappa shape index (κ2) is 5.15. The molecule has 0 unspecified atom stereocenters. The van der Waals surface area contributed by atoms with E-state index in [4.69, 9.17) is 11.6 Å². The number of hydrogen-bond acceptors (Lipinski definition) is 0. The molecule has 0 radical (unpaired) electrons. The maximum absolute atomic E-state index is 6.44. The Morgan fingerprint density at radius 3 is 2.82 bits per heavy atom. The summed E-state index contributed by atoms with van der Waals surface area (Å²) in [5, 5.41) is 1.69. The van der Waals surface area contributed by atoms with Gasteiger partial charge in [0.05, 0.1) is 0 Å². The van der Waals surface area contributed by atoms with Gasteiger partial charge in [0, 0.05) is 12.1 Å². The highest BCUT2D eigenvalue weighted by atomic mass is 35.5. The molecule has 0 amide bonds. The van der Waals surface area contributed by atoms with Crippen molar-refractivity contribution in [3.05, 3.63) is 71.9 Å². The molecule has 2 rings (SSSR count). The first kappa shape index (κ1) is 11.9. The largest absolute Gasteiger partial charge is 0.229 e. The van der Waals surface area contributed by atoms with E-state index in [1.54, 1.807) is 4.24 Å². The zero-order valence-electron chi connectivity index (χ0n) is 9.86. The fraction of sp³-hybridized carbons (Fsp3) is 0.133. The number of pyridine rings is 1. The van der Waals surface area contributed by atoms with E-state index in [2.05, 4.69) is 24.9 Å². The monoisotopic (exact) mass is 244 g/mol. The average Bonchev–Trinajstić information content (AvgIpc) is 2.39. The fourth-order valence-corrected chi connectivity index (χ4v) is 2.09. The Kier molecular flexibility index (Phi) is 3.60. The number of halogens is 1. The van der Waals surface area contributed by atoms with Gasteiger partial charge in [-0.1, -0.05) is 35.9 Å². The Morgan fingerprint density at radius 1 is 1.35 bits per heavy atom. The van der Waals surface area contributed by atoms with Gasteiger partial charge in [0.15, 0.2) is 6.20 Å². The lowest BCUT2D eigenvalue weighted by molar-refractivity contribution is -0.513. The predicted octanol–water partition coefficient (Wildman–Crippen LogP) is 2.79. The van der Waals surface area contributed by atoms with Gasteiger partial charge >= 0.3 is 0 Å². The van der Waals surface area contributed by atoms with Crippen LogP contribution >= 0.6 is 11.6 Å². The number of hydrogen-bond donors (Lipinski definition) is 0. The highest BCUT2D eigenvalue weighted by Gasteiger charge is 2.08. The van der Waals surface area contributed by atoms with E-state index in [9.17, 15) is 0 Å². The van der Waals surface area contributed by atoms with Crippen LogP contribution < -0.4 is 9.59 Å². The van der Waals surface area contributed by atoms with Gasteiger partial charge in [-0.15, -0.1) is 0 Å². The van der Waals surface area contributed by atoms with Crippen molar-refractivity contribution in [3.8, 4) is 0 Å². The average molecular weight is 245 g/mol. The molecule has 0 saturated heterocycles. The van der Waals surface area contributed by atoms with Gasteiger partial charge in [-0.2, -0.15) is 4.24 Å². The third kappa shape index (κ3) is 2.56. The summed E-state index contributed by atoms with van der Waals surface area (Å²) in [5.41, 5.74) is 2.36. The van der Waals surface area contributed by atoms with E-state index in [1.165, 1.54) is 5.57 Å². The third-order valence-electron chi connectivity index (χ3n) is 2.86. The van der Waals surface area contributed by atoms with Crippen LogP contribution in [0.4, 0.5) is 0 Å². The second-order valence-electron chi connectivity index (χ2n) is 4.01. The normalized spacial score (nSPS) is 19.2. The van der Waals surface area contributed by atoms with Crippen molar-refractivity contribution in [3.63, 3.8) is 0 Å². The summed E-state index contributed by atoms with van der Waals surface area (Å²) in [6, 6.07) is 5.88. The standard InChI is InChI=1S/C15H15ClN/c1-12(13-8-4-3-5-9-13)15(16)14-10-6-7-11-17(14)2/h3-8,10-11H,2,9H2,1H3/q+1. The molecule has 1 aliphatic rings. The molecule has 0 saturated carbocycles. The maximum Gasteiger partial charge on any atom is 0.229 e. The molecule has 0 N–H and O–H groups in total. The molecular weight excluding hydrogens is 230 g/mol. The van der Waals surface area contributed by atoms with Gasteiger partial charge < -0.3 is 0 Å². The Hall–Kier alpha value is -1.60. The molecule has 1 aromatic heterocycles. The van der Waals surface area contributed by atoms with Crippen LogP contribution in [0.3, 0.4) is 0 Å². The van der Waals surface area contributed by atoms with Gasteiger partial charge in [0.25, 0.3) is 0 Å². The molecule has 1 heterocycles. The van der Waals surface area contributed by atoms with E-state index in [0.29, 0.717) is 0 Å². The number of aromatic nitrogens is 1. The molecule has 0 aromatic carbocycles. The van der Waals surface area contributed by atoms with Crippen LogP contribution in [0.15, 0.2) is 59.8 Å². The van der Waals surface area contributed by atoms with Crippen molar-refractivity contribution >= 4 is 16.6 Å². The molecule has 2 heteroatoms. The van der Waals surface area contributed by atoms with Gasteiger partial charge in [0.1, 0.15) is 11.7 Å². The summed E-state index contributed by atoms with van der Waals surface area (Å²) in [6.07, 6.45) is 11.2. The smallest absolute Gasteiger partial charge is 0.173 e. The summed E-state index contributed by atoms with van der Waals surface area (Å²) in [6.45, 7) is 5.98. The molecular formula is C15H15ClN+. The molecule has 0 bridgehead atoms. The van der Waals surface area contributed by atoms with Crippen LogP contribution in [0.5, 0.6) is 0 Å². The van der Waals surface area contributed by atoms with Crippen molar-refractivity contribution < 1.29 is 4.24 Å². The topological polar surface area (TPSA) is 5.90 Å². The summed E-state index contributed by atoms with van der Waals surface area (Å²) >= 11 is 6.44. The Morgan fingerprint density at radius 2 is 2.18 bits per heavy atom. The van der Waals surface area contributed by atoms with Crippen LogP contribution in [0.2, 0.25) is 0 Å². The first-order chi connectivity index (χ1) is 8.20. The molecule has 0 atom stereocenters. The van der Waals surface area contributed by atoms with Gasteiger partial charge in [0.2, 0.25) is 5.35 Å². The van der Waals surface area contributed by atoms with Crippen molar-refractivity contribution in [2.24, 2.45) is 0 Å². The van der Waals surface area contributed by atoms with Crippen molar-refractivity contribution in [1.29, 1.82) is 0 Å². The molecule has 0 aliphatic heterocycles. The zero-order chi connectivity index (χ0) is 12.3. The number of rotatable bonds is 1. The van der Waals surface area contributed by atoms with Gasteiger partial charge in [-0.3, -0.25) is 0 Å². The SMILES string of the molecule is C=[n+]1ccccc1=C(Cl)C(C)=C1C=CC=CC1. The van der Waals surface area contributed by atoms with Crippen LogP contribution in [-0.2, 0) is 0 Å². The Labute approximate surface area is 106 Å². The minimum atomic E-state index is 0.760. The second-order valence-corrected chi connectivity index (χ2v) is 4.39. The highest BCUT2D eigenvalue weighted by Crippen LogP contribution is 2.23. The fourth-order valence-electron chi connectivity index (χ4n) is 1.80. The van der Waals surface area contributed by atoms with Crippen LogP contribution in [-0.4, -0.2) is 0 Å². The quantitative estimate of drug-likeness (QED) is 0.670. The van der Waals surface area contributed by atoms with E-state index in [1.807, 2.05) is 37.4 Å². The van der Waals surface area contributed by atoms with Gasteiger partial charge in [-0.05, 0) is 30.6 Å². The van der Waals surface area contributed by atoms with Crippen molar-refractivity contribution in [2.75, 3.05) is 0 Å². The minimum Gasteiger partial charge on any atom is -0.173 e. The molecule has 1 aromatic rings. The molecule has 0 spiro atoms. The highest BCUT2D eigenvalue weighted by molar-refractivity contribution is 6.48. The lowest BCUT2D eigenvalue weighted by Gasteiger charge is -2.06. The first-order valence-electron chi connectivity index (χ1n) is 5.58. The minimum absolute atomic E-state index is 0.760. The summed E-state index contributed by atoms with van der Waals surface area (Å²) in [7, 11) is 0. The molecule has 17 heavy (non-hydrogen) atoms. The van der Waals surface area contributed by atoms with E-state index >= 15 is 0 Å². The van der Waals surface area contributed by atoms with Crippen LogP contribution in [0.25, 0.3) is 5.03 Å². The zero-order valence-corrected chi connectivity index (χ0v) is 10.6. The third-order valence-corrected chi connectivity index (χ3v) is 3.34. The summed E-state index contributed by atoms with van der Waals surface area (Å²) < 4.78 is 1.79. The van der Waals surface area contributed by atoms with Crippen LogP contribution in [0, 0.1) is 6.72 Å². The summed E-state index contributed by atoms with van der Waals surface area (Å²) in [5.74, 6) is 0. The lowest BCUT2D eigenvalue weighted by Crippen LogP contribution is -2.35.